The van der Waals surface area contributed by atoms with Crippen LogP contribution in [0.3, 0.4) is 0 Å². The van der Waals surface area contributed by atoms with Gasteiger partial charge in [0.05, 0.1) is 6.04 Å². The van der Waals surface area contributed by atoms with E-state index in [0.717, 1.165) is 6.54 Å². The highest BCUT2D eigenvalue weighted by molar-refractivity contribution is 5.00. The van der Waals surface area contributed by atoms with Gasteiger partial charge in [0.25, 0.3) is 0 Å². The van der Waals surface area contributed by atoms with Crippen molar-refractivity contribution in [3.63, 3.8) is 0 Å². The van der Waals surface area contributed by atoms with Gasteiger partial charge in [-0.2, -0.15) is 0 Å². The predicted molar refractivity (Wildman–Crippen MR) is 56.5 cm³/mol. The van der Waals surface area contributed by atoms with Crippen LogP contribution in [0.5, 0.6) is 0 Å². The van der Waals surface area contributed by atoms with Crippen LogP contribution >= 0.6 is 0 Å². The molecule has 2 heteroatoms. The predicted octanol–water partition coefficient (Wildman–Crippen LogP) is 1.08. The highest BCUT2D eigenvalue weighted by atomic mass is 15.2. The molecule has 1 aliphatic rings. The standard InChI is InChI=1S/C11H20N2/c1-5-9(2)13-7-6-11(12-4)8-10(13)3/h1,9-12H,6-8H2,2-4H3. The fourth-order valence-electron chi connectivity index (χ4n) is 2.12. The normalized spacial score (nSPS) is 32.5. The summed E-state index contributed by atoms with van der Waals surface area (Å²) in [7, 11) is 2.04. The average Bonchev–Trinajstić information content (AvgIpc) is 2.16. The molecule has 3 atom stereocenters. The molecular weight excluding hydrogens is 160 g/mol. The van der Waals surface area contributed by atoms with Crippen LogP contribution in [0.15, 0.2) is 0 Å². The number of rotatable bonds is 2. The highest BCUT2D eigenvalue weighted by Crippen LogP contribution is 2.19. The molecule has 0 aromatic carbocycles. The van der Waals surface area contributed by atoms with Crippen molar-refractivity contribution in [3.05, 3.63) is 0 Å². The van der Waals surface area contributed by atoms with Gasteiger partial charge in [-0.15, -0.1) is 6.42 Å². The Morgan fingerprint density at radius 2 is 2.31 bits per heavy atom. The van der Waals surface area contributed by atoms with Crippen molar-refractivity contribution in [1.29, 1.82) is 0 Å². The maximum absolute atomic E-state index is 5.42. The summed E-state index contributed by atoms with van der Waals surface area (Å²) in [6.07, 6.45) is 7.85. The number of hydrogen-bond donors (Lipinski definition) is 1. The summed E-state index contributed by atoms with van der Waals surface area (Å²) in [5.74, 6) is 2.80. The number of terminal acetylenes is 1. The first kappa shape index (κ1) is 10.6. The van der Waals surface area contributed by atoms with Crippen molar-refractivity contribution in [2.45, 2.75) is 44.8 Å². The maximum Gasteiger partial charge on any atom is 0.0685 e. The van der Waals surface area contributed by atoms with E-state index in [1.807, 2.05) is 7.05 Å². The zero-order valence-electron chi connectivity index (χ0n) is 8.88. The quantitative estimate of drug-likeness (QED) is 0.640. The third-order valence-corrected chi connectivity index (χ3v) is 3.07. The third kappa shape index (κ3) is 2.46. The average molecular weight is 180 g/mol. The van der Waals surface area contributed by atoms with Gasteiger partial charge in [0.2, 0.25) is 0 Å². The van der Waals surface area contributed by atoms with Crippen LogP contribution in [-0.2, 0) is 0 Å². The van der Waals surface area contributed by atoms with Gasteiger partial charge in [0.15, 0.2) is 0 Å². The third-order valence-electron chi connectivity index (χ3n) is 3.07. The van der Waals surface area contributed by atoms with E-state index in [-0.39, 0.29) is 6.04 Å². The Morgan fingerprint density at radius 1 is 1.62 bits per heavy atom. The van der Waals surface area contributed by atoms with Crippen molar-refractivity contribution in [2.24, 2.45) is 0 Å². The maximum atomic E-state index is 5.42. The lowest BCUT2D eigenvalue weighted by molar-refractivity contribution is 0.121. The number of piperidine rings is 1. The zero-order valence-corrected chi connectivity index (χ0v) is 8.88. The van der Waals surface area contributed by atoms with E-state index < -0.39 is 0 Å². The second-order valence-electron chi connectivity index (χ2n) is 3.94. The van der Waals surface area contributed by atoms with Gasteiger partial charge in [-0.05, 0) is 33.7 Å². The van der Waals surface area contributed by atoms with E-state index in [1.54, 1.807) is 0 Å². The smallest absolute Gasteiger partial charge is 0.0685 e. The monoisotopic (exact) mass is 180 g/mol. The van der Waals surface area contributed by atoms with Gasteiger partial charge < -0.3 is 5.32 Å². The number of nitrogens with zero attached hydrogens (tertiary/aromatic N) is 1. The highest BCUT2D eigenvalue weighted by Gasteiger charge is 2.26. The number of nitrogens with one attached hydrogen (secondary N) is 1. The summed E-state index contributed by atoms with van der Waals surface area (Å²) < 4.78 is 0. The molecule has 0 saturated carbocycles. The SMILES string of the molecule is C#CC(C)N1CCC(NC)CC1C. The van der Waals surface area contributed by atoms with Crippen LogP contribution in [-0.4, -0.2) is 36.6 Å². The lowest BCUT2D eigenvalue weighted by atomic mass is 9.97. The second-order valence-corrected chi connectivity index (χ2v) is 3.94. The molecule has 0 aromatic heterocycles. The fraction of sp³-hybridized carbons (Fsp3) is 0.818. The van der Waals surface area contributed by atoms with Gasteiger partial charge in [-0.25, -0.2) is 0 Å². The van der Waals surface area contributed by atoms with E-state index in [4.69, 9.17) is 6.42 Å². The van der Waals surface area contributed by atoms with Crippen molar-refractivity contribution in [2.75, 3.05) is 13.6 Å². The molecule has 0 amide bonds. The Balaban J connectivity index is 2.49. The molecule has 0 bridgehead atoms. The van der Waals surface area contributed by atoms with Crippen LogP contribution in [0.2, 0.25) is 0 Å². The second kappa shape index (κ2) is 4.64. The zero-order chi connectivity index (χ0) is 9.84. The lowest BCUT2D eigenvalue weighted by Gasteiger charge is -2.39. The molecular formula is C11H20N2. The van der Waals surface area contributed by atoms with Crippen LogP contribution in [0.25, 0.3) is 0 Å². The molecule has 1 saturated heterocycles. The number of likely N-dealkylation sites (tertiary alicyclic amines) is 1. The Kier molecular flexibility index (Phi) is 3.77. The Bertz CT molecular complexity index is 195. The molecule has 0 aromatic rings. The molecule has 3 unspecified atom stereocenters. The van der Waals surface area contributed by atoms with Crippen LogP contribution in [0.1, 0.15) is 26.7 Å². The minimum Gasteiger partial charge on any atom is -0.317 e. The molecule has 1 rings (SSSR count). The minimum atomic E-state index is 0.285. The summed E-state index contributed by atoms with van der Waals surface area (Å²) in [5.41, 5.74) is 0. The molecule has 1 fully saturated rings. The number of hydrogen-bond acceptors (Lipinski definition) is 2. The Hall–Kier alpha value is -0.520. The Morgan fingerprint density at radius 3 is 2.77 bits per heavy atom. The fourth-order valence-corrected chi connectivity index (χ4v) is 2.12. The summed E-state index contributed by atoms with van der Waals surface area (Å²) >= 11 is 0. The molecule has 2 nitrogen and oxygen atoms in total. The van der Waals surface area contributed by atoms with E-state index in [0.29, 0.717) is 12.1 Å². The van der Waals surface area contributed by atoms with Gasteiger partial charge in [-0.1, -0.05) is 5.92 Å². The molecule has 1 aliphatic heterocycles. The first-order valence-electron chi connectivity index (χ1n) is 5.08. The molecule has 0 radical (unpaired) electrons. The van der Waals surface area contributed by atoms with E-state index in [1.165, 1.54) is 12.8 Å². The van der Waals surface area contributed by atoms with E-state index in [2.05, 4.69) is 30.0 Å². The van der Waals surface area contributed by atoms with Gasteiger partial charge in [0, 0.05) is 18.6 Å². The van der Waals surface area contributed by atoms with Crippen molar-refractivity contribution in [3.8, 4) is 12.3 Å². The Labute approximate surface area is 81.7 Å². The van der Waals surface area contributed by atoms with E-state index in [9.17, 15) is 0 Å². The topological polar surface area (TPSA) is 15.3 Å². The first-order chi connectivity index (χ1) is 6.19. The molecule has 1 N–H and O–H groups in total. The summed E-state index contributed by atoms with van der Waals surface area (Å²) in [4.78, 5) is 2.41. The largest absolute Gasteiger partial charge is 0.317 e. The van der Waals surface area contributed by atoms with Crippen molar-refractivity contribution >= 4 is 0 Å². The van der Waals surface area contributed by atoms with Crippen LogP contribution in [0, 0.1) is 12.3 Å². The molecule has 0 aliphatic carbocycles. The summed E-state index contributed by atoms with van der Waals surface area (Å²) in [5, 5.41) is 3.33. The van der Waals surface area contributed by atoms with E-state index >= 15 is 0 Å². The van der Waals surface area contributed by atoms with Gasteiger partial charge in [0.1, 0.15) is 0 Å². The molecule has 0 spiro atoms. The van der Waals surface area contributed by atoms with Crippen molar-refractivity contribution in [1.82, 2.24) is 10.2 Å². The lowest BCUT2D eigenvalue weighted by Crippen LogP contribution is -2.49. The summed E-state index contributed by atoms with van der Waals surface area (Å²) in [6, 6.07) is 1.57. The first-order valence-corrected chi connectivity index (χ1v) is 5.08. The molecule has 1 heterocycles. The minimum absolute atomic E-state index is 0.285. The van der Waals surface area contributed by atoms with Crippen LogP contribution < -0.4 is 5.32 Å². The van der Waals surface area contributed by atoms with Crippen LogP contribution in [0.4, 0.5) is 0 Å². The molecule has 74 valence electrons. The summed E-state index contributed by atoms with van der Waals surface area (Å²) in [6.45, 7) is 5.49. The van der Waals surface area contributed by atoms with Gasteiger partial charge in [-0.3, -0.25) is 4.90 Å². The van der Waals surface area contributed by atoms with Crippen molar-refractivity contribution < 1.29 is 0 Å². The molecule has 13 heavy (non-hydrogen) atoms. The van der Waals surface area contributed by atoms with Gasteiger partial charge >= 0.3 is 0 Å².